The molecule has 1 fully saturated rings. The number of pyridine rings is 1. The van der Waals surface area contributed by atoms with E-state index in [1.165, 1.54) is 11.3 Å². The van der Waals surface area contributed by atoms with Crippen LogP contribution in [-0.2, 0) is 0 Å². The minimum atomic E-state index is 0.0528. The highest BCUT2D eigenvalue weighted by Gasteiger charge is 2.26. The first kappa shape index (κ1) is 13.7. The lowest BCUT2D eigenvalue weighted by atomic mass is 10.1. The number of fused-ring (bicyclic) bond motifs is 1. The summed E-state index contributed by atoms with van der Waals surface area (Å²) in [5, 5.41) is 1.42. The van der Waals surface area contributed by atoms with Crippen molar-refractivity contribution in [1.82, 2.24) is 9.88 Å². The Morgan fingerprint density at radius 3 is 3.05 bits per heavy atom. The van der Waals surface area contributed by atoms with Crippen molar-refractivity contribution in [2.45, 2.75) is 19.1 Å². The molecule has 3 rings (SSSR count). The van der Waals surface area contributed by atoms with Gasteiger partial charge in [-0.3, -0.25) is 4.79 Å². The number of thioether (sulfide) groups is 1. The molecule has 4 nitrogen and oxygen atoms in total. The fraction of sp³-hybridized carbons (Fsp3) is 0.429. The lowest BCUT2D eigenvalue weighted by Crippen LogP contribution is -2.40. The molecule has 2 N–H and O–H groups in total. The normalized spacial score (nSPS) is 19.5. The quantitative estimate of drug-likeness (QED) is 0.880. The second kappa shape index (κ2) is 5.26. The molecule has 0 radical (unpaired) electrons. The van der Waals surface area contributed by atoms with E-state index in [9.17, 15) is 4.79 Å². The Labute approximate surface area is 126 Å². The molecular weight excluding hydrogens is 290 g/mol. The summed E-state index contributed by atoms with van der Waals surface area (Å²) >= 11 is 3.32. The summed E-state index contributed by atoms with van der Waals surface area (Å²) in [6, 6.07) is 1.93. The number of nitrogen functional groups attached to an aromatic ring is 1. The van der Waals surface area contributed by atoms with Gasteiger partial charge >= 0.3 is 0 Å². The zero-order chi connectivity index (χ0) is 14.3. The molecule has 106 valence electrons. The molecule has 6 heteroatoms. The summed E-state index contributed by atoms with van der Waals surface area (Å²) < 4.78 is 0. The standard InChI is InChI=1S/C14H17N3OS2/c1-8-3-4-16-13-10(8)11(15)12(20-13)14(18)17-5-6-19-9(2)7-17/h3-4,9H,5-7,15H2,1-2H3. The lowest BCUT2D eigenvalue weighted by Gasteiger charge is -2.30. The zero-order valence-corrected chi connectivity index (χ0v) is 13.2. The summed E-state index contributed by atoms with van der Waals surface area (Å²) in [5.41, 5.74) is 7.86. The van der Waals surface area contributed by atoms with E-state index in [1.807, 2.05) is 29.7 Å². The molecule has 0 spiro atoms. The largest absolute Gasteiger partial charge is 0.397 e. The first-order valence-corrected chi connectivity index (χ1v) is 8.49. The van der Waals surface area contributed by atoms with Crippen LogP contribution < -0.4 is 5.73 Å². The smallest absolute Gasteiger partial charge is 0.266 e. The minimum absolute atomic E-state index is 0.0528. The van der Waals surface area contributed by atoms with E-state index in [4.69, 9.17) is 5.73 Å². The van der Waals surface area contributed by atoms with Gasteiger partial charge < -0.3 is 10.6 Å². The SMILES string of the molecule is Cc1ccnc2sc(C(=O)N3CCSC(C)C3)c(N)c12. The molecule has 20 heavy (non-hydrogen) atoms. The van der Waals surface area contributed by atoms with Crippen molar-refractivity contribution < 1.29 is 4.79 Å². The maximum atomic E-state index is 12.7. The van der Waals surface area contributed by atoms with Gasteiger partial charge in [0.25, 0.3) is 5.91 Å². The van der Waals surface area contributed by atoms with Crippen molar-refractivity contribution in [2.75, 3.05) is 24.6 Å². The molecule has 1 atom stereocenters. The molecule has 2 aromatic heterocycles. The number of nitrogens with two attached hydrogens (primary N) is 1. The Hall–Kier alpha value is -1.27. The Morgan fingerprint density at radius 1 is 1.55 bits per heavy atom. The number of carbonyl (C=O) groups is 1. The molecule has 1 aliphatic heterocycles. The van der Waals surface area contributed by atoms with Gasteiger partial charge in [0, 0.05) is 35.7 Å². The number of rotatable bonds is 1. The molecule has 0 aliphatic carbocycles. The van der Waals surface area contributed by atoms with E-state index in [1.54, 1.807) is 6.20 Å². The Morgan fingerprint density at radius 2 is 2.35 bits per heavy atom. The summed E-state index contributed by atoms with van der Waals surface area (Å²) in [6.45, 7) is 5.75. The van der Waals surface area contributed by atoms with Crippen LogP contribution in [0, 0.1) is 6.92 Å². The van der Waals surface area contributed by atoms with Gasteiger partial charge in [0.15, 0.2) is 0 Å². The summed E-state index contributed by atoms with van der Waals surface area (Å²) in [6.07, 6.45) is 1.77. The van der Waals surface area contributed by atoms with Gasteiger partial charge in [0.2, 0.25) is 0 Å². The van der Waals surface area contributed by atoms with E-state index >= 15 is 0 Å². The van der Waals surface area contributed by atoms with Crippen LogP contribution in [0.1, 0.15) is 22.2 Å². The number of aromatic nitrogens is 1. The van der Waals surface area contributed by atoms with Crippen LogP contribution in [0.4, 0.5) is 5.69 Å². The van der Waals surface area contributed by atoms with Gasteiger partial charge in [-0.15, -0.1) is 11.3 Å². The average Bonchev–Trinajstić information content (AvgIpc) is 2.76. The van der Waals surface area contributed by atoms with Crippen molar-refractivity contribution in [3.8, 4) is 0 Å². The number of thiophene rings is 1. The molecule has 2 aromatic rings. The van der Waals surface area contributed by atoms with E-state index in [0.717, 1.165) is 34.6 Å². The summed E-state index contributed by atoms with van der Waals surface area (Å²) in [7, 11) is 0. The van der Waals surface area contributed by atoms with Crippen LogP contribution >= 0.6 is 23.1 Å². The van der Waals surface area contributed by atoms with E-state index in [-0.39, 0.29) is 5.91 Å². The molecular formula is C14H17N3OS2. The van der Waals surface area contributed by atoms with Crippen molar-refractivity contribution in [1.29, 1.82) is 0 Å². The predicted molar refractivity (Wildman–Crippen MR) is 86.6 cm³/mol. The molecule has 3 heterocycles. The highest BCUT2D eigenvalue weighted by Crippen LogP contribution is 2.35. The van der Waals surface area contributed by atoms with Gasteiger partial charge in [0.1, 0.15) is 9.71 Å². The Kier molecular flexibility index (Phi) is 3.60. The van der Waals surface area contributed by atoms with Gasteiger partial charge in [-0.05, 0) is 18.6 Å². The number of aryl methyl sites for hydroxylation is 1. The highest BCUT2D eigenvalue weighted by atomic mass is 32.2. The molecule has 0 aromatic carbocycles. The maximum Gasteiger partial charge on any atom is 0.266 e. The summed E-state index contributed by atoms with van der Waals surface area (Å²) in [5.74, 6) is 1.05. The number of hydrogen-bond acceptors (Lipinski definition) is 5. The second-order valence-electron chi connectivity index (χ2n) is 5.09. The van der Waals surface area contributed by atoms with Gasteiger partial charge in [0.05, 0.1) is 5.69 Å². The number of hydrogen-bond donors (Lipinski definition) is 1. The predicted octanol–water partition coefficient (Wildman–Crippen LogP) is 2.76. The fourth-order valence-corrected chi connectivity index (χ4v) is 4.63. The van der Waals surface area contributed by atoms with Gasteiger partial charge in [-0.2, -0.15) is 11.8 Å². The van der Waals surface area contributed by atoms with Crippen molar-refractivity contribution in [3.05, 3.63) is 22.7 Å². The second-order valence-corrected chi connectivity index (χ2v) is 7.63. The van der Waals surface area contributed by atoms with Crippen LogP contribution in [0.3, 0.4) is 0 Å². The number of nitrogens with zero attached hydrogens (tertiary/aromatic N) is 2. The molecule has 1 unspecified atom stereocenters. The molecule has 1 aliphatic rings. The van der Waals surface area contributed by atoms with Crippen LogP contribution in [0.15, 0.2) is 12.3 Å². The Balaban J connectivity index is 1.99. The van der Waals surface area contributed by atoms with Crippen molar-refractivity contribution >= 4 is 44.9 Å². The third kappa shape index (κ3) is 2.27. The average molecular weight is 307 g/mol. The fourth-order valence-electron chi connectivity index (χ4n) is 2.51. The first-order valence-electron chi connectivity index (χ1n) is 6.62. The molecule has 1 amide bonds. The third-order valence-corrected chi connectivity index (χ3v) is 5.80. The van der Waals surface area contributed by atoms with Gasteiger partial charge in [-0.1, -0.05) is 6.92 Å². The van der Waals surface area contributed by atoms with Crippen LogP contribution in [0.25, 0.3) is 10.2 Å². The number of anilines is 1. The maximum absolute atomic E-state index is 12.7. The topological polar surface area (TPSA) is 59.2 Å². The first-order chi connectivity index (χ1) is 9.58. The van der Waals surface area contributed by atoms with Crippen LogP contribution in [-0.4, -0.2) is 39.9 Å². The minimum Gasteiger partial charge on any atom is -0.397 e. The number of carbonyl (C=O) groups excluding carboxylic acids is 1. The van der Waals surface area contributed by atoms with E-state index < -0.39 is 0 Å². The van der Waals surface area contributed by atoms with Gasteiger partial charge in [-0.25, -0.2) is 4.98 Å². The van der Waals surface area contributed by atoms with Crippen LogP contribution in [0.2, 0.25) is 0 Å². The summed E-state index contributed by atoms with van der Waals surface area (Å²) in [4.78, 5) is 20.4. The molecule has 1 saturated heterocycles. The third-order valence-electron chi connectivity index (χ3n) is 3.56. The lowest BCUT2D eigenvalue weighted by molar-refractivity contribution is 0.0769. The monoisotopic (exact) mass is 307 g/mol. The van der Waals surface area contributed by atoms with Crippen molar-refractivity contribution in [3.63, 3.8) is 0 Å². The molecule has 0 bridgehead atoms. The zero-order valence-electron chi connectivity index (χ0n) is 11.5. The number of amides is 1. The van der Waals surface area contributed by atoms with E-state index in [2.05, 4.69) is 11.9 Å². The van der Waals surface area contributed by atoms with Crippen molar-refractivity contribution in [2.24, 2.45) is 0 Å². The Bertz CT molecular complexity index is 668. The molecule has 0 saturated carbocycles. The highest BCUT2D eigenvalue weighted by molar-refractivity contribution is 7.99. The van der Waals surface area contributed by atoms with Crippen LogP contribution in [0.5, 0.6) is 0 Å². The van der Waals surface area contributed by atoms with E-state index in [0.29, 0.717) is 15.8 Å².